The molecule has 2 heterocycles. The number of hydrogen-bond donors (Lipinski definition) is 0. The second-order valence-corrected chi connectivity index (χ2v) is 3.55. The summed E-state index contributed by atoms with van der Waals surface area (Å²) in [4.78, 5) is 19.6. The molecule has 0 fully saturated rings. The van der Waals surface area contributed by atoms with E-state index in [1.165, 1.54) is 6.20 Å². The van der Waals surface area contributed by atoms with Crippen molar-refractivity contribution in [3.63, 3.8) is 0 Å². The first kappa shape index (κ1) is 10.8. The summed E-state index contributed by atoms with van der Waals surface area (Å²) in [5.41, 5.74) is 1.06. The first-order valence-electron chi connectivity index (χ1n) is 4.55. The van der Waals surface area contributed by atoms with E-state index in [4.69, 9.17) is 0 Å². The van der Waals surface area contributed by atoms with Crippen LogP contribution in [0.1, 0.15) is 17.1 Å². The molecule has 0 bridgehead atoms. The van der Waals surface area contributed by atoms with Crippen LogP contribution in [0.4, 0.5) is 13.2 Å². The molecule has 7 heteroatoms. The summed E-state index contributed by atoms with van der Waals surface area (Å²) < 4.78 is 36.5. The number of alkyl halides is 3. The van der Waals surface area contributed by atoms with Crippen molar-refractivity contribution < 1.29 is 18.0 Å². The highest BCUT2D eigenvalue weighted by atomic mass is 19.4. The molecular formula is C9H8F3N3O. The highest BCUT2D eigenvalue weighted by molar-refractivity contribution is 5.82. The lowest BCUT2D eigenvalue weighted by Gasteiger charge is -2.16. The molecule has 1 aliphatic rings. The van der Waals surface area contributed by atoms with Crippen LogP contribution in [0, 0.1) is 6.92 Å². The molecule has 0 radical (unpaired) electrons. The Labute approximate surface area is 89.1 Å². The molecule has 4 nitrogen and oxygen atoms in total. The maximum atomic E-state index is 12.2. The van der Waals surface area contributed by atoms with Crippen LogP contribution in [-0.2, 0) is 17.9 Å². The molecule has 0 atom stereocenters. The SMILES string of the molecule is Cc1ncc2c(n1)CN(C(=O)C(F)(F)F)C2. The number of aryl methyl sites for hydroxylation is 1. The summed E-state index contributed by atoms with van der Waals surface area (Å²) in [5, 5.41) is 0. The predicted molar refractivity (Wildman–Crippen MR) is 47.1 cm³/mol. The Morgan fingerprint density at radius 3 is 2.75 bits per heavy atom. The normalized spacial score (nSPS) is 15.1. The molecule has 1 aromatic heterocycles. The van der Waals surface area contributed by atoms with Crippen LogP contribution in [0.25, 0.3) is 0 Å². The molecule has 2 rings (SSSR count). The smallest absolute Gasteiger partial charge is 0.325 e. The van der Waals surface area contributed by atoms with E-state index in [1.807, 2.05) is 0 Å². The van der Waals surface area contributed by atoms with Gasteiger partial charge in [0.15, 0.2) is 0 Å². The Morgan fingerprint density at radius 2 is 2.12 bits per heavy atom. The van der Waals surface area contributed by atoms with Gasteiger partial charge in [0.05, 0.1) is 12.2 Å². The third-order valence-corrected chi connectivity index (χ3v) is 2.31. The van der Waals surface area contributed by atoms with Crippen molar-refractivity contribution in [1.29, 1.82) is 0 Å². The van der Waals surface area contributed by atoms with E-state index in [2.05, 4.69) is 9.97 Å². The van der Waals surface area contributed by atoms with Crippen LogP contribution in [0.5, 0.6) is 0 Å². The monoisotopic (exact) mass is 231 g/mol. The zero-order valence-corrected chi connectivity index (χ0v) is 8.38. The van der Waals surface area contributed by atoms with Crippen LogP contribution < -0.4 is 0 Å². The summed E-state index contributed by atoms with van der Waals surface area (Å²) >= 11 is 0. The second kappa shape index (κ2) is 3.43. The Kier molecular flexibility index (Phi) is 2.32. The average Bonchev–Trinajstić information content (AvgIpc) is 2.57. The van der Waals surface area contributed by atoms with Crippen molar-refractivity contribution in [3.8, 4) is 0 Å². The summed E-state index contributed by atoms with van der Waals surface area (Å²) in [6.45, 7) is 1.47. The van der Waals surface area contributed by atoms with Crippen molar-refractivity contribution in [2.45, 2.75) is 26.2 Å². The summed E-state index contributed by atoms with van der Waals surface area (Å²) in [6, 6.07) is 0. The molecule has 86 valence electrons. The van der Waals surface area contributed by atoms with Gasteiger partial charge in [0.2, 0.25) is 0 Å². The number of halogens is 3. The lowest BCUT2D eigenvalue weighted by molar-refractivity contribution is -0.186. The van der Waals surface area contributed by atoms with E-state index < -0.39 is 12.1 Å². The van der Waals surface area contributed by atoms with Crippen LogP contribution in [0.3, 0.4) is 0 Å². The lowest BCUT2D eigenvalue weighted by atomic mass is 10.3. The Balaban J connectivity index is 2.20. The van der Waals surface area contributed by atoms with Gasteiger partial charge in [-0.15, -0.1) is 0 Å². The van der Waals surface area contributed by atoms with Gasteiger partial charge < -0.3 is 4.90 Å². The zero-order chi connectivity index (χ0) is 11.9. The van der Waals surface area contributed by atoms with E-state index in [-0.39, 0.29) is 13.1 Å². The molecule has 0 aliphatic carbocycles. The highest BCUT2D eigenvalue weighted by Crippen LogP contribution is 2.26. The van der Waals surface area contributed by atoms with E-state index in [0.717, 1.165) is 4.90 Å². The second-order valence-electron chi connectivity index (χ2n) is 3.55. The standard InChI is InChI=1S/C9H8F3N3O/c1-5-13-2-6-3-15(4-7(6)14-5)8(16)9(10,11)12/h2H,3-4H2,1H3. The van der Waals surface area contributed by atoms with Crippen molar-refractivity contribution in [2.75, 3.05) is 0 Å². The lowest BCUT2D eigenvalue weighted by Crippen LogP contribution is -2.37. The van der Waals surface area contributed by atoms with Gasteiger partial charge in [-0.25, -0.2) is 9.97 Å². The number of fused-ring (bicyclic) bond motifs is 1. The minimum absolute atomic E-state index is 0.0754. The number of rotatable bonds is 0. The number of amides is 1. The maximum Gasteiger partial charge on any atom is 0.471 e. The third-order valence-electron chi connectivity index (χ3n) is 2.31. The quantitative estimate of drug-likeness (QED) is 0.673. The van der Waals surface area contributed by atoms with Crippen LogP contribution in [-0.4, -0.2) is 27.0 Å². The van der Waals surface area contributed by atoms with Crippen molar-refractivity contribution in [1.82, 2.24) is 14.9 Å². The van der Waals surface area contributed by atoms with Gasteiger partial charge in [0.25, 0.3) is 0 Å². The summed E-state index contributed by atoms with van der Waals surface area (Å²) in [6.07, 6.45) is -3.37. The van der Waals surface area contributed by atoms with Crippen LogP contribution in [0.2, 0.25) is 0 Å². The summed E-state index contributed by atoms with van der Waals surface area (Å²) in [7, 11) is 0. The fourth-order valence-electron chi connectivity index (χ4n) is 1.58. The molecule has 0 saturated heterocycles. The average molecular weight is 231 g/mol. The van der Waals surface area contributed by atoms with E-state index in [9.17, 15) is 18.0 Å². The number of carbonyl (C=O) groups is 1. The largest absolute Gasteiger partial charge is 0.471 e. The van der Waals surface area contributed by atoms with Gasteiger partial charge in [0, 0.05) is 18.3 Å². The van der Waals surface area contributed by atoms with Crippen molar-refractivity contribution in [3.05, 3.63) is 23.3 Å². The van der Waals surface area contributed by atoms with Crippen LogP contribution >= 0.6 is 0 Å². The van der Waals surface area contributed by atoms with Gasteiger partial charge in [-0.05, 0) is 6.92 Å². The Bertz CT molecular complexity index is 444. The van der Waals surface area contributed by atoms with Crippen LogP contribution in [0.15, 0.2) is 6.20 Å². The van der Waals surface area contributed by atoms with Gasteiger partial charge in [-0.1, -0.05) is 0 Å². The minimum Gasteiger partial charge on any atom is -0.325 e. The number of nitrogens with zero attached hydrogens (tertiary/aromatic N) is 3. The molecule has 0 spiro atoms. The molecule has 0 saturated carbocycles. The topological polar surface area (TPSA) is 46.1 Å². The number of aromatic nitrogens is 2. The third kappa shape index (κ3) is 1.84. The molecule has 1 aromatic rings. The molecular weight excluding hydrogens is 223 g/mol. The highest BCUT2D eigenvalue weighted by Gasteiger charge is 2.44. The van der Waals surface area contributed by atoms with E-state index >= 15 is 0 Å². The number of carbonyl (C=O) groups excluding carboxylic acids is 1. The molecule has 0 aromatic carbocycles. The molecule has 1 amide bonds. The van der Waals surface area contributed by atoms with Gasteiger partial charge in [0.1, 0.15) is 5.82 Å². The molecule has 0 unspecified atom stereocenters. The van der Waals surface area contributed by atoms with E-state index in [1.54, 1.807) is 6.92 Å². The van der Waals surface area contributed by atoms with Crippen molar-refractivity contribution >= 4 is 5.91 Å². The van der Waals surface area contributed by atoms with Crippen molar-refractivity contribution in [2.24, 2.45) is 0 Å². The number of hydrogen-bond acceptors (Lipinski definition) is 3. The molecule has 16 heavy (non-hydrogen) atoms. The van der Waals surface area contributed by atoms with Gasteiger partial charge in [-0.2, -0.15) is 13.2 Å². The first-order chi connectivity index (χ1) is 7.38. The first-order valence-corrected chi connectivity index (χ1v) is 4.55. The maximum absolute atomic E-state index is 12.2. The Morgan fingerprint density at radius 1 is 1.44 bits per heavy atom. The van der Waals surface area contributed by atoms with E-state index in [0.29, 0.717) is 17.1 Å². The van der Waals surface area contributed by atoms with Gasteiger partial charge in [-0.3, -0.25) is 4.79 Å². The fraction of sp³-hybridized carbons (Fsp3) is 0.444. The molecule has 0 N–H and O–H groups in total. The predicted octanol–water partition coefficient (Wildman–Crippen LogP) is 1.19. The fourth-order valence-corrected chi connectivity index (χ4v) is 1.58. The minimum atomic E-state index is -4.83. The molecule has 1 aliphatic heterocycles. The zero-order valence-electron chi connectivity index (χ0n) is 8.38. The Hall–Kier alpha value is -1.66. The van der Waals surface area contributed by atoms with Gasteiger partial charge >= 0.3 is 12.1 Å². The summed E-state index contributed by atoms with van der Waals surface area (Å²) in [5.74, 6) is -1.34.